The van der Waals surface area contributed by atoms with E-state index in [0.717, 1.165) is 27.7 Å². The van der Waals surface area contributed by atoms with Crippen LogP contribution in [-0.2, 0) is 0 Å². The average molecular weight is 276 g/mol. The van der Waals surface area contributed by atoms with Gasteiger partial charge in [0.05, 0.1) is 17.8 Å². The number of aryl methyl sites for hydroxylation is 3. The van der Waals surface area contributed by atoms with E-state index in [1.165, 1.54) is 11.1 Å². The van der Waals surface area contributed by atoms with Gasteiger partial charge in [-0.2, -0.15) is 0 Å². The number of benzene rings is 2. The van der Waals surface area contributed by atoms with Crippen LogP contribution in [0.5, 0.6) is 5.75 Å². The topological polar surface area (TPSA) is 21.3 Å². The van der Waals surface area contributed by atoms with Gasteiger partial charge in [0.15, 0.2) is 0 Å². The quantitative estimate of drug-likeness (QED) is 0.849. The Labute approximate surface area is 119 Å². The molecular formula is C16H18ClNO. The number of ether oxygens (including phenoxy) is 1. The summed E-state index contributed by atoms with van der Waals surface area (Å²) in [4.78, 5) is 0. The van der Waals surface area contributed by atoms with Crippen molar-refractivity contribution in [3.05, 3.63) is 52.0 Å². The minimum absolute atomic E-state index is 0.735. The third-order valence-corrected chi connectivity index (χ3v) is 3.60. The number of halogens is 1. The highest BCUT2D eigenvalue weighted by Crippen LogP contribution is 2.30. The Hall–Kier alpha value is -1.67. The summed E-state index contributed by atoms with van der Waals surface area (Å²) in [7, 11) is 1.67. The van der Waals surface area contributed by atoms with Gasteiger partial charge in [-0.05, 0) is 67.8 Å². The fraction of sp³-hybridized carbons (Fsp3) is 0.250. The third-order valence-electron chi connectivity index (χ3n) is 3.29. The van der Waals surface area contributed by atoms with Crippen molar-refractivity contribution in [2.75, 3.05) is 12.4 Å². The molecule has 100 valence electrons. The molecule has 0 atom stereocenters. The summed E-state index contributed by atoms with van der Waals surface area (Å²) in [5.74, 6) is 0.856. The third kappa shape index (κ3) is 3.02. The number of hydrogen-bond acceptors (Lipinski definition) is 2. The lowest BCUT2D eigenvalue weighted by Gasteiger charge is -2.14. The second-order valence-corrected chi connectivity index (χ2v) is 5.13. The van der Waals surface area contributed by atoms with E-state index >= 15 is 0 Å². The summed E-state index contributed by atoms with van der Waals surface area (Å²) >= 11 is 6.28. The van der Waals surface area contributed by atoms with E-state index in [1.54, 1.807) is 7.11 Å². The van der Waals surface area contributed by atoms with Crippen LogP contribution in [0.1, 0.15) is 16.7 Å². The standard InChI is InChI=1S/C16H18ClNO/c1-10-8-14(17)16(9-11(10)2)18-15-6-5-13(19-4)7-12(15)3/h5-9,18H,1-4H3. The molecule has 0 unspecified atom stereocenters. The number of methoxy groups -OCH3 is 1. The van der Waals surface area contributed by atoms with Crippen LogP contribution in [0, 0.1) is 20.8 Å². The Morgan fingerprint density at radius 2 is 1.58 bits per heavy atom. The summed E-state index contributed by atoms with van der Waals surface area (Å²) in [5, 5.41) is 4.11. The largest absolute Gasteiger partial charge is 0.497 e. The smallest absolute Gasteiger partial charge is 0.119 e. The van der Waals surface area contributed by atoms with Gasteiger partial charge in [0.1, 0.15) is 5.75 Å². The normalized spacial score (nSPS) is 10.4. The van der Waals surface area contributed by atoms with Crippen molar-refractivity contribution >= 4 is 23.0 Å². The van der Waals surface area contributed by atoms with Crippen LogP contribution >= 0.6 is 11.6 Å². The van der Waals surface area contributed by atoms with Gasteiger partial charge in [-0.15, -0.1) is 0 Å². The Bertz CT molecular complexity index is 608. The highest BCUT2D eigenvalue weighted by atomic mass is 35.5. The van der Waals surface area contributed by atoms with Crippen LogP contribution in [0.2, 0.25) is 5.02 Å². The van der Waals surface area contributed by atoms with E-state index < -0.39 is 0 Å². The summed E-state index contributed by atoms with van der Waals surface area (Å²) in [5.41, 5.74) is 5.50. The molecule has 0 radical (unpaired) electrons. The van der Waals surface area contributed by atoms with Crippen molar-refractivity contribution in [3.8, 4) is 5.75 Å². The molecule has 0 aliphatic rings. The van der Waals surface area contributed by atoms with Gasteiger partial charge in [0.25, 0.3) is 0 Å². The summed E-state index contributed by atoms with van der Waals surface area (Å²) < 4.78 is 5.20. The van der Waals surface area contributed by atoms with E-state index in [9.17, 15) is 0 Å². The molecule has 0 spiro atoms. The second-order valence-electron chi connectivity index (χ2n) is 4.72. The molecule has 1 N–H and O–H groups in total. The number of nitrogens with one attached hydrogen (secondary N) is 1. The SMILES string of the molecule is COc1ccc(Nc2cc(C)c(C)cc2Cl)c(C)c1. The molecule has 0 saturated heterocycles. The van der Waals surface area contributed by atoms with E-state index in [-0.39, 0.29) is 0 Å². The molecule has 0 heterocycles. The van der Waals surface area contributed by atoms with Gasteiger partial charge < -0.3 is 10.1 Å². The van der Waals surface area contributed by atoms with Crippen molar-refractivity contribution in [1.82, 2.24) is 0 Å². The fourth-order valence-corrected chi connectivity index (χ4v) is 2.19. The van der Waals surface area contributed by atoms with Gasteiger partial charge in [-0.25, -0.2) is 0 Å². The number of anilines is 2. The first-order valence-corrected chi connectivity index (χ1v) is 6.57. The molecular weight excluding hydrogens is 258 g/mol. The monoisotopic (exact) mass is 275 g/mol. The van der Waals surface area contributed by atoms with E-state index in [4.69, 9.17) is 16.3 Å². The molecule has 3 heteroatoms. The molecule has 0 aliphatic heterocycles. The zero-order valence-electron chi connectivity index (χ0n) is 11.7. The van der Waals surface area contributed by atoms with Crippen molar-refractivity contribution in [2.24, 2.45) is 0 Å². The summed E-state index contributed by atoms with van der Waals surface area (Å²) in [6, 6.07) is 9.99. The maximum Gasteiger partial charge on any atom is 0.119 e. The highest BCUT2D eigenvalue weighted by Gasteiger charge is 2.06. The highest BCUT2D eigenvalue weighted by molar-refractivity contribution is 6.33. The molecule has 2 aromatic carbocycles. The average Bonchev–Trinajstić information content (AvgIpc) is 2.38. The molecule has 2 aromatic rings. The maximum atomic E-state index is 6.28. The molecule has 0 amide bonds. The van der Waals surface area contributed by atoms with Crippen molar-refractivity contribution in [3.63, 3.8) is 0 Å². The molecule has 0 aliphatic carbocycles. The first-order chi connectivity index (χ1) is 9.01. The molecule has 0 bridgehead atoms. The lowest BCUT2D eigenvalue weighted by Crippen LogP contribution is -1.96. The predicted octanol–water partition coefficient (Wildman–Crippen LogP) is 5.02. The van der Waals surface area contributed by atoms with Gasteiger partial charge >= 0.3 is 0 Å². The van der Waals surface area contributed by atoms with Crippen molar-refractivity contribution < 1.29 is 4.74 Å². The Morgan fingerprint density at radius 3 is 2.21 bits per heavy atom. The molecule has 2 rings (SSSR count). The number of hydrogen-bond donors (Lipinski definition) is 1. The van der Waals surface area contributed by atoms with E-state index in [1.807, 2.05) is 31.2 Å². The first kappa shape index (κ1) is 13.8. The lowest BCUT2D eigenvalue weighted by atomic mass is 10.1. The zero-order chi connectivity index (χ0) is 14.0. The maximum absolute atomic E-state index is 6.28. The predicted molar refractivity (Wildman–Crippen MR) is 81.9 cm³/mol. The van der Waals surface area contributed by atoms with Crippen LogP contribution in [0.25, 0.3) is 0 Å². The van der Waals surface area contributed by atoms with Gasteiger partial charge in [0, 0.05) is 5.69 Å². The molecule has 0 saturated carbocycles. The molecule has 0 fully saturated rings. The molecule has 2 nitrogen and oxygen atoms in total. The van der Waals surface area contributed by atoms with Crippen molar-refractivity contribution in [2.45, 2.75) is 20.8 Å². The Balaban J connectivity index is 2.33. The van der Waals surface area contributed by atoms with Crippen LogP contribution in [0.3, 0.4) is 0 Å². The van der Waals surface area contributed by atoms with Crippen LogP contribution in [0.4, 0.5) is 11.4 Å². The first-order valence-electron chi connectivity index (χ1n) is 6.19. The molecule has 19 heavy (non-hydrogen) atoms. The Morgan fingerprint density at radius 1 is 0.895 bits per heavy atom. The summed E-state index contributed by atoms with van der Waals surface area (Å²) in [6.45, 7) is 6.18. The minimum atomic E-state index is 0.735. The van der Waals surface area contributed by atoms with Gasteiger partial charge in [0.2, 0.25) is 0 Å². The van der Waals surface area contributed by atoms with E-state index in [2.05, 4.69) is 25.2 Å². The molecule has 0 aromatic heterocycles. The summed E-state index contributed by atoms with van der Waals surface area (Å²) in [6.07, 6.45) is 0. The fourth-order valence-electron chi connectivity index (χ4n) is 1.93. The minimum Gasteiger partial charge on any atom is -0.497 e. The van der Waals surface area contributed by atoms with Gasteiger partial charge in [-0.3, -0.25) is 0 Å². The lowest BCUT2D eigenvalue weighted by molar-refractivity contribution is 0.414. The van der Waals surface area contributed by atoms with Crippen LogP contribution in [-0.4, -0.2) is 7.11 Å². The van der Waals surface area contributed by atoms with E-state index in [0.29, 0.717) is 0 Å². The second kappa shape index (κ2) is 5.54. The van der Waals surface area contributed by atoms with Gasteiger partial charge in [-0.1, -0.05) is 11.6 Å². The van der Waals surface area contributed by atoms with Crippen molar-refractivity contribution in [1.29, 1.82) is 0 Å². The van der Waals surface area contributed by atoms with Crippen LogP contribution in [0.15, 0.2) is 30.3 Å². The number of rotatable bonds is 3. The zero-order valence-corrected chi connectivity index (χ0v) is 12.4. The Kier molecular flexibility index (Phi) is 4.01. The van der Waals surface area contributed by atoms with Crippen LogP contribution < -0.4 is 10.1 Å².